The summed E-state index contributed by atoms with van der Waals surface area (Å²) in [5.41, 5.74) is 1.35. The number of allylic oxidation sites excluding steroid dienone is 3. The topological polar surface area (TPSA) is 112 Å². The highest BCUT2D eigenvalue weighted by Crippen LogP contribution is 2.26. The van der Waals surface area contributed by atoms with Crippen LogP contribution in [-0.2, 0) is 14.4 Å². The molecule has 0 atom stereocenters. The van der Waals surface area contributed by atoms with Crippen molar-refractivity contribution in [1.29, 1.82) is 0 Å². The van der Waals surface area contributed by atoms with E-state index >= 15 is 0 Å². The van der Waals surface area contributed by atoms with Crippen LogP contribution in [0.2, 0.25) is 0 Å². The average Bonchev–Trinajstić information content (AvgIpc) is 2.65. The summed E-state index contributed by atoms with van der Waals surface area (Å²) in [5.74, 6) is -3.60. The number of carboxylic acid groups (broad SMARTS) is 3. The SMILES string of the molecule is CCC(=CC(=Cc1ccccc1)C(CC)=C(C=C(C)C(=O)O)C(=O)O)C(=O)O. The second-order valence-electron chi connectivity index (χ2n) is 6.02. The van der Waals surface area contributed by atoms with Gasteiger partial charge in [-0.25, -0.2) is 14.4 Å². The number of hydrogen-bond acceptors (Lipinski definition) is 3. The van der Waals surface area contributed by atoms with Crippen LogP contribution in [0.25, 0.3) is 6.08 Å². The lowest BCUT2D eigenvalue weighted by atomic mass is 9.92. The lowest BCUT2D eigenvalue weighted by Crippen LogP contribution is -2.08. The molecule has 1 aromatic rings. The van der Waals surface area contributed by atoms with Gasteiger partial charge >= 0.3 is 17.9 Å². The number of hydrogen-bond donors (Lipinski definition) is 3. The zero-order valence-electron chi connectivity index (χ0n) is 16.1. The summed E-state index contributed by atoms with van der Waals surface area (Å²) >= 11 is 0. The Morgan fingerprint density at radius 3 is 1.89 bits per heavy atom. The van der Waals surface area contributed by atoms with E-state index in [-0.39, 0.29) is 29.6 Å². The van der Waals surface area contributed by atoms with Crippen LogP contribution in [0.1, 0.15) is 39.2 Å². The van der Waals surface area contributed by atoms with Crippen LogP contribution < -0.4 is 0 Å². The Hall–Kier alpha value is -3.41. The van der Waals surface area contributed by atoms with E-state index in [1.807, 2.05) is 30.3 Å². The maximum Gasteiger partial charge on any atom is 0.335 e. The molecule has 28 heavy (non-hydrogen) atoms. The third kappa shape index (κ3) is 6.39. The first-order chi connectivity index (χ1) is 13.2. The summed E-state index contributed by atoms with van der Waals surface area (Å²) in [6, 6.07) is 9.08. The van der Waals surface area contributed by atoms with Gasteiger partial charge in [0.1, 0.15) is 0 Å². The van der Waals surface area contributed by atoms with Gasteiger partial charge in [-0.05, 0) is 54.7 Å². The molecule has 0 saturated heterocycles. The maximum absolute atomic E-state index is 11.8. The summed E-state index contributed by atoms with van der Waals surface area (Å²) < 4.78 is 0. The first-order valence-corrected chi connectivity index (χ1v) is 8.80. The molecule has 6 heteroatoms. The summed E-state index contributed by atoms with van der Waals surface area (Å²) in [7, 11) is 0. The minimum absolute atomic E-state index is 0.122. The molecule has 0 aliphatic heterocycles. The zero-order valence-corrected chi connectivity index (χ0v) is 16.1. The summed E-state index contributed by atoms with van der Waals surface area (Å²) in [6.45, 7) is 4.74. The van der Waals surface area contributed by atoms with Gasteiger partial charge in [0.05, 0.1) is 5.57 Å². The van der Waals surface area contributed by atoms with Gasteiger partial charge in [0.2, 0.25) is 0 Å². The van der Waals surface area contributed by atoms with Crippen molar-refractivity contribution >= 4 is 24.0 Å². The minimum Gasteiger partial charge on any atom is -0.478 e. The first-order valence-electron chi connectivity index (χ1n) is 8.80. The van der Waals surface area contributed by atoms with Crippen LogP contribution in [-0.4, -0.2) is 33.2 Å². The van der Waals surface area contributed by atoms with Crippen molar-refractivity contribution in [2.75, 3.05) is 0 Å². The van der Waals surface area contributed by atoms with Gasteiger partial charge in [-0.15, -0.1) is 0 Å². The Bertz CT molecular complexity index is 870. The fourth-order valence-electron chi connectivity index (χ4n) is 2.55. The fraction of sp³-hybridized carbons (Fsp3) is 0.227. The Labute approximate surface area is 163 Å². The van der Waals surface area contributed by atoms with Gasteiger partial charge in [-0.2, -0.15) is 0 Å². The van der Waals surface area contributed by atoms with Crippen molar-refractivity contribution in [3.63, 3.8) is 0 Å². The van der Waals surface area contributed by atoms with Crippen molar-refractivity contribution in [3.05, 3.63) is 75.9 Å². The zero-order chi connectivity index (χ0) is 21.3. The molecule has 0 heterocycles. The number of carbonyl (C=O) groups is 3. The first kappa shape index (κ1) is 22.6. The van der Waals surface area contributed by atoms with Crippen molar-refractivity contribution in [2.24, 2.45) is 0 Å². The highest BCUT2D eigenvalue weighted by atomic mass is 16.4. The van der Waals surface area contributed by atoms with E-state index in [2.05, 4.69) is 0 Å². The molecule has 0 aliphatic carbocycles. The van der Waals surface area contributed by atoms with Gasteiger partial charge < -0.3 is 15.3 Å². The van der Waals surface area contributed by atoms with Crippen LogP contribution in [0, 0.1) is 0 Å². The molecule has 0 radical (unpaired) electrons. The minimum atomic E-state index is -1.28. The van der Waals surface area contributed by atoms with E-state index in [9.17, 15) is 24.6 Å². The lowest BCUT2D eigenvalue weighted by Gasteiger charge is -2.12. The molecular formula is C22H24O6. The molecule has 0 unspecified atom stereocenters. The predicted molar refractivity (Wildman–Crippen MR) is 107 cm³/mol. The van der Waals surface area contributed by atoms with Gasteiger partial charge in [-0.1, -0.05) is 44.2 Å². The monoisotopic (exact) mass is 384 g/mol. The average molecular weight is 384 g/mol. The molecule has 148 valence electrons. The molecule has 1 rings (SSSR count). The van der Waals surface area contributed by atoms with E-state index in [1.165, 1.54) is 13.0 Å². The Kier molecular flexibility index (Phi) is 8.62. The highest BCUT2D eigenvalue weighted by Gasteiger charge is 2.17. The lowest BCUT2D eigenvalue weighted by molar-refractivity contribution is -0.133. The molecule has 0 fully saturated rings. The molecule has 0 amide bonds. The summed E-state index contributed by atoms with van der Waals surface area (Å²) in [5, 5.41) is 28.2. The van der Waals surface area contributed by atoms with Crippen molar-refractivity contribution in [1.82, 2.24) is 0 Å². The molecule has 0 spiro atoms. The number of rotatable bonds is 9. The van der Waals surface area contributed by atoms with Crippen LogP contribution in [0.4, 0.5) is 0 Å². The summed E-state index contributed by atoms with van der Waals surface area (Å²) in [4.78, 5) is 34.5. The Balaban J connectivity index is 3.83. The quantitative estimate of drug-likeness (QED) is 0.432. The molecule has 6 nitrogen and oxygen atoms in total. The maximum atomic E-state index is 11.8. The smallest absolute Gasteiger partial charge is 0.335 e. The largest absolute Gasteiger partial charge is 0.478 e. The number of benzene rings is 1. The molecule has 0 bridgehead atoms. The third-order valence-corrected chi connectivity index (χ3v) is 4.06. The van der Waals surface area contributed by atoms with Crippen LogP contribution in [0.15, 0.2) is 70.3 Å². The van der Waals surface area contributed by atoms with E-state index in [0.717, 1.165) is 11.6 Å². The summed E-state index contributed by atoms with van der Waals surface area (Å²) in [6.07, 6.45) is 4.77. The van der Waals surface area contributed by atoms with Gasteiger partial charge in [0, 0.05) is 11.1 Å². The Morgan fingerprint density at radius 1 is 0.857 bits per heavy atom. The van der Waals surface area contributed by atoms with Crippen molar-refractivity contribution in [2.45, 2.75) is 33.6 Å². The van der Waals surface area contributed by atoms with Gasteiger partial charge in [0.25, 0.3) is 0 Å². The van der Waals surface area contributed by atoms with E-state index in [0.29, 0.717) is 11.1 Å². The molecule has 0 saturated carbocycles. The van der Waals surface area contributed by atoms with Gasteiger partial charge in [-0.3, -0.25) is 0 Å². The molecule has 0 aromatic heterocycles. The normalized spacial score (nSPS) is 13.8. The number of aliphatic carboxylic acids is 3. The molecule has 3 N–H and O–H groups in total. The predicted octanol–water partition coefficient (Wildman–Crippen LogP) is 4.31. The number of carboxylic acids is 3. The van der Waals surface area contributed by atoms with E-state index in [4.69, 9.17) is 5.11 Å². The van der Waals surface area contributed by atoms with Gasteiger partial charge in [0.15, 0.2) is 0 Å². The second kappa shape index (κ2) is 10.7. The van der Waals surface area contributed by atoms with Crippen LogP contribution in [0.3, 0.4) is 0 Å². The van der Waals surface area contributed by atoms with Crippen molar-refractivity contribution < 1.29 is 29.7 Å². The van der Waals surface area contributed by atoms with Crippen LogP contribution >= 0.6 is 0 Å². The van der Waals surface area contributed by atoms with E-state index < -0.39 is 17.9 Å². The molecule has 1 aromatic carbocycles. The van der Waals surface area contributed by atoms with Crippen LogP contribution in [0.5, 0.6) is 0 Å². The second-order valence-corrected chi connectivity index (χ2v) is 6.02. The van der Waals surface area contributed by atoms with Crippen molar-refractivity contribution in [3.8, 4) is 0 Å². The highest BCUT2D eigenvalue weighted by molar-refractivity contribution is 5.96. The Morgan fingerprint density at radius 2 is 1.46 bits per heavy atom. The third-order valence-electron chi connectivity index (χ3n) is 4.06. The fourth-order valence-corrected chi connectivity index (χ4v) is 2.55. The standard InChI is InChI=1S/C22H24O6/c1-4-16(21(25)26)13-17(12-15-9-7-6-8-10-15)18(5-2)19(22(27)28)11-14(3)20(23)24/h6-13H,4-5H2,1-3H3,(H,23,24)(H,25,26)(H,27,28). The van der Waals surface area contributed by atoms with E-state index in [1.54, 1.807) is 19.9 Å². The molecular weight excluding hydrogens is 360 g/mol. The molecule has 0 aliphatic rings.